The Morgan fingerprint density at radius 2 is 1.64 bits per heavy atom. The van der Waals surface area contributed by atoms with Gasteiger partial charge in [0.2, 0.25) is 0 Å². The molecule has 0 radical (unpaired) electrons. The van der Waals surface area contributed by atoms with Crippen molar-refractivity contribution in [3.63, 3.8) is 0 Å². The van der Waals surface area contributed by atoms with Crippen LogP contribution in [-0.4, -0.2) is 33.5 Å². The van der Waals surface area contributed by atoms with Gasteiger partial charge in [0.25, 0.3) is 0 Å². The molecule has 4 aliphatic carbocycles. The highest BCUT2D eigenvalue weighted by Crippen LogP contribution is 2.68. The van der Waals surface area contributed by atoms with Crippen LogP contribution >= 0.6 is 0 Å². The zero-order valence-electron chi connectivity index (χ0n) is 17.9. The first kappa shape index (κ1) is 20.7. The number of carboxylic acids is 1. The first-order chi connectivity index (χ1) is 13.2. The summed E-state index contributed by atoms with van der Waals surface area (Å²) in [6.45, 7) is 7.16. The van der Waals surface area contributed by atoms with E-state index in [2.05, 4.69) is 20.8 Å². The van der Waals surface area contributed by atoms with Crippen LogP contribution < -0.4 is 0 Å². The van der Waals surface area contributed by atoms with Crippen molar-refractivity contribution >= 4 is 5.97 Å². The molecule has 0 amide bonds. The van der Waals surface area contributed by atoms with E-state index in [4.69, 9.17) is 5.11 Å². The monoisotopic (exact) mass is 392 g/mol. The molecule has 4 fully saturated rings. The first-order valence-corrected chi connectivity index (χ1v) is 11.7. The zero-order chi connectivity index (χ0) is 20.3. The molecule has 4 aliphatic rings. The molecule has 0 saturated heterocycles. The van der Waals surface area contributed by atoms with Gasteiger partial charge in [0, 0.05) is 6.42 Å². The maximum absolute atomic E-state index is 11.1. The van der Waals surface area contributed by atoms with E-state index in [0.717, 1.165) is 32.1 Å². The van der Waals surface area contributed by atoms with Gasteiger partial charge in [-0.05, 0) is 104 Å². The Morgan fingerprint density at radius 3 is 2.36 bits per heavy atom. The lowest BCUT2D eigenvalue weighted by Gasteiger charge is -2.62. The highest BCUT2D eigenvalue weighted by molar-refractivity contribution is 5.66. The second kappa shape index (κ2) is 7.27. The molecule has 160 valence electrons. The Labute approximate surface area is 170 Å². The maximum atomic E-state index is 11.1. The van der Waals surface area contributed by atoms with E-state index >= 15 is 0 Å². The summed E-state index contributed by atoms with van der Waals surface area (Å²) < 4.78 is 0. The first-order valence-electron chi connectivity index (χ1n) is 11.7. The number of rotatable bonds is 4. The summed E-state index contributed by atoms with van der Waals surface area (Å²) in [5, 5.41) is 30.4. The molecule has 4 saturated carbocycles. The lowest BCUT2D eigenvalue weighted by Crippen LogP contribution is -2.58. The standard InChI is InChI=1S/C24H40O4/c1-14(4-7-22(27)28)17-5-6-18-16-13-21(26)20-12-15(25)8-10-24(20,3)19(16)9-11-23(17,18)2/h14-21,25-26H,4-13H2,1-3H3,(H,27,28)/t14?,15-,16?,17?,18+,19+,20?,21+,23-,24-/m1/s1. The Bertz CT molecular complexity index is 605. The number of carboxylic acid groups (broad SMARTS) is 1. The summed E-state index contributed by atoms with van der Waals surface area (Å²) in [7, 11) is 0. The van der Waals surface area contributed by atoms with E-state index < -0.39 is 5.97 Å². The van der Waals surface area contributed by atoms with Crippen LogP contribution in [0.3, 0.4) is 0 Å². The molecule has 0 aromatic rings. The van der Waals surface area contributed by atoms with Crippen LogP contribution in [0.4, 0.5) is 0 Å². The van der Waals surface area contributed by atoms with Gasteiger partial charge in [-0.25, -0.2) is 0 Å². The van der Waals surface area contributed by atoms with Gasteiger partial charge >= 0.3 is 5.97 Å². The summed E-state index contributed by atoms with van der Waals surface area (Å²) in [6.07, 6.45) is 9.16. The molecule has 0 aromatic heterocycles. The number of aliphatic carboxylic acids is 1. The molecule has 0 heterocycles. The van der Waals surface area contributed by atoms with E-state index in [-0.39, 0.29) is 30.0 Å². The second-order valence-corrected chi connectivity index (χ2v) is 11.4. The Hall–Kier alpha value is -0.610. The highest BCUT2D eigenvalue weighted by Gasteiger charge is 2.62. The van der Waals surface area contributed by atoms with Crippen LogP contribution in [0.1, 0.15) is 85.0 Å². The van der Waals surface area contributed by atoms with Crippen molar-refractivity contribution in [2.45, 2.75) is 97.2 Å². The summed E-state index contributed by atoms with van der Waals surface area (Å²) in [6, 6.07) is 0. The van der Waals surface area contributed by atoms with E-state index in [1.165, 1.54) is 25.7 Å². The van der Waals surface area contributed by atoms with Gasteiger partial charge in [-0.1, -0.05) is 20.8 Å². The molecule has 28 heavy (non-hydrogen) atoms. The van der Waals surface area contributed by atoms with Gasteiger partial charge in [0.1, 0.15) is 0 Å². The van der Waals surface area contributed by atoms with Crippen molar-refractivity contribution in [2.24, 2.45) is 46.3 Å². The van der Waals surface area contributed by atoms with Crippen LogP contribution in [-0.2, 0) is 4.79 Å². The quantitative estimate of drug-likeness (QED) is 0.659. The van der Waals surface area contributed by atoms with Gasteiger partial charge in [-0.2, -0.15) is 0 Å². The number of fused-ring (bicyclic) bond motifs is 5. The number of hydrogen-bond acceptors (Lipinski definition) is 3. The van der Waals surface area contributed by atoms with Crippen molar-refractivity contribution in [1.82, 2.24) is 0 Å². The number of carbonyl (C=O) groups is 1. The molecule has 4 nitrogen and oxygen atoms in total. The molecule has 4 heteroatoms. The van der Waals surface area contributed by atoms with Gasteiger partial charge in [0.15, 0.2) is 0 Å². The van der Waals surface area contributed by atoms with Crippen LogP contribution in [0.5, 0.6) is 0 Å². The molecule has 4 rings (SSSR count). The van der Waals surface area contributed by atoms with Crippen molar-refractivity contribution < 1.29 is 20.1 Å². The summed E-state index contributed by atoms with van der Waals surface area (Å²) in [5.41, 5.74) is 0.478. The summed E-state index contributed by atoms with van der Waals surface area (Å²) in [4.78, 5) is 11.1. The largest absolute Gasteiger partial charge is 0.481 e. The lowest BCUT2D eigenvalue weighted by atomic mass is 9.44. The van der Waals surface area contributed by atoms with Gasteiger partial charge in [-0.15, -0.1) is 0 Å². The second-order valence-electron chi connectivity index (χ2n) is 11.4. The van der Waals surface area contributed by atoms with Crippen LogP contribution in [0, 0.1) is 46.3 Å². The highest BCUT2D eigenvalue weighted by atomic mass is 16.4. The SMILES string of the molecule is CC(CCC(=O)O)C1CC[C@H]2C3C[C@H](O)C4C[C@H](O)CC[C@]4(C)[C@H]3CC[C@]12C. The molecule has 3 N–H and O–H groups in total. The molecule has 10 atom stereocenters. The number of hydrogen-bond donors (Lipinski definition) is 3. The smallest absolute Gasteiger partial charge is 0.303 e. The van der Waals surface area contributed by atoms with E-state index in [0.29, 0.717) is 35.0 Å². The van der Waals surface area contributed by atoms with Gasteiger partial charge < -0.3 is 15.3 Å². The summed E-state index contributed by atoms with van der Waals surface area (Å²) in [5.74, 6) is 2.61. The van der Waals surface area contributed by atoms with Crippen molar-refractivity contribution in [2.75, 3.05) is 0 Å². The average Bonchev–Trinajstić information content (AvgIpc) is 2.99. The Balaban J connectivity index is 1.55. The predicted octanol–water partition coefficient (Wildman–Crippen LogP) is 4.48. The number of aliphatic hydroxyl groups excluding tert-OH is 2. The average molecular weight is 393 g/mol. The molecule has 0 aromatic carbocycles. The lowest BCUT2D eigenvalue weighted by molar-refractivity contribution is -0.172. The van der Waals surface area contributed by atoms with Gasteiger partial charge in [0.05, 0.1) is 12.2 Å². The molecule has 4 unspecified atom stereocenters. The minimum atomic E-state index is -0.677. The Kier molecular flexibility index (Phi) is 5.36. The number of aliphatic hydroxyl groups is 2. The normalized spacial score (nSPS) is 51.7. The fraction of sp³-hybridized carbons (Fsp3) is 0.958. The molecular formula is C24H40O4. The fourth-order valence-corrected chi connectivity index (χ4v) is 8.81. The molecular weight excluding hydrogens is 352 g/mol. The van der Waals surface area contributed by atoms with Crippen molar-refractivity contribution in [3.8, 4) is 0 Å². The third-order valence-electron chi connectivity index (χ3n) is 10.2. The Morgan fingerprint density at radius 1 is 0.964 bits per heavy atom. The maximum Gasteiger partial charge on any atom is 0.303 e. The summed E-state index contributed by atoms with van der Waals surface area (Å²) >= 11 is 0. The topological polar surface area (TPSA) is 77.8 Å². The third-order valence-corrected chi connectivity index (χ3v) is 10.2. The van der Waals surface area contributed by atoms with Crippen molar-refractivity contribution in [3.05, 3.63) is 0 Å². The molecule has 0 spiro atoms. The van der Waals surface area contributed by atoms with Crippen molar-refractivity contribution in [1.29, 1.82) is 0 Å². The van der Waals surface area contributed by atoms with E-state index in [1.54, 1.807) is 0 Å². The molecule has 0 bridgehead atoms. The fourth-order valence-electron chi connectivity index (χ4n) is 8.81. The minimum Gasteiger partial charge on any atom is -0.481 e. The van der Waals surface area contributed by atoms with Crippen LogP contribution in [0.25, 0.3) is 0 Å². The van der Waals surface area contributed by atoms with E-state index in [9.17, 15) is 15.0 Å². The van der Waals surface area contributed by atoms with Crippen LogP contribution in [0.2, 0.25) is 0 Å². The van der Waals surface area contributed by atoms with Crippen LogP contribution in [0.15, 0.2) is 0 Å². The predicted molar refractivity (Wildman–Crippen MR) is 109 cm³/mol. The minimum absolute atomic E-state index is 0.176. The van der Waals surface area contributed by atoms with Gasteiger partial charge in [-0.3, -0.25) is 4.79 Å². The van der Waals surface area contributed by atoms with E-state index in [1.807, 2.05) is 0 Å². The third kappa shape index (κ3) is 3.14. The molecule has 0 aliphatic heterocycles. The zero-order valence-corrected chi connectivity index (χ0v) is 17.9.